The molecule has 1 amide bonds. The molecule has 0 atom stereocenters. The van der Waals surface area contributed by atoms with E-state index < -0.39 is 5.97 Å². The van der Waals surface area contributed by atoms with E-state index in [0.717, 1.165) is 32.7 Å². The lowest BCUT2D eigenvalue weighted by Gasteiger charge is -2.05. The second-order valence-electron chi connectivity index (χ2n) is 9.61. The Kier molecular flexibility index (Phi) is 7.11. The molecule has 0 saturated heterocycles. The summed E-state index contributed by atoms with van der Waals surface area (Å²) in [6.07, 6.45) is 2.58. The lowest BCUT2D eigenvalue weighted by Crippen LogP contribution is -2.25. The van der Waals surface area contributed by atoms with Gasteiger partial charge in [0.25, 0.3) is 5.91 Å². The molecule has 192 valence electrons. The van der Waals surface area contributed by atoms with Crippen LogP contribution in [0.15, 0.2) is 79.0 Å². The fourth-order valence-corrected chi connectivity index (χ4v) is 5.55. The molecule has 0 unspecified atom stereocenters. The number of hydrogen-bond acceptors (Lipinski definition) is 4. The van der Waals surface area contributed by atoms with E-state index in [2.05, 4.69) is 53.0 Å². The van der Waals surface area contributed by atoms with E-state index in [1.807, 2.05) is 49.5 Å². The number of nitrogens with one attached hydrogen (secondary N) is 1. The Hall–Kier alpha value is -4.23. The van der Waals surface area contributed by atoms with E-state index in [1.165, 1.54) is 16.9 Å². The number of amides is 1. The molecule has 0 bridgehead atoms. The van der Waals surface area contributed by atoms with Crippen LogP contribution in [0.25, 0.3) is 27.2 Å². The van der Waals surface area contributed by atoms with Crippen molar-refractivity contribution >= 4 is 34.1 Å². The van der Waals surface area contributed by atoms with Crippen molar-refractivity contribution in [2.24, 2.45) is 0 Å². The van der Waals surface area contributed by atoms with Gasteiger partial charge in [0.15, 0.2) is 0 Å². The Labute approximate surface area is 225 Å². The monoisotopic (exact) mass is 523 g/mol. The number of fused-ring (bicyclic) bond motifs is 1. The van der Waals surface area contributed by atoms with Gasteiger partial charge in [-0.25, -0.2) is 9.78 Å². The Morgan fingerprint density at radius 2 is 1.76 bits per heavy atom. The molecule has 0 saturated carbocycles. The highest BCUT2D eigenvalue weighted by Gasteiger charge is 2.17. The molecular formula is C31H29N3O3S. The minimum atomic E-state index is -0.964. The fourth-order valence-electron chi connectivity index (χ4n) is 4.56. The van der Waals surface area contributed by atoms with Crippen LogP contribution >= 0.6 is 11.3 Å². The number of benzene rings is 3. The molecule has 0 aliphatic carbocycles. The van der Waals surface area contributed by atoms with Gasteiger partial charge in [-0.2, -0.15) is 0 Å². The van der Waals surface area contributed by atoms with Crippen LogP contribution in [0.1, 0.15) is 56.6 Å². The van der Waals surface area contributed by atoms with Crippen LogP contribution in [0, 0.1) is 6.92 Å². The quantitative estimate of drug-likeness (QED) is 0.233. The Bertz CT molecular complexity index is 1620. The standard InChI is InChI=1S/C31H29N3O3S/c1-19(2)21-9-11-22(12-10-21)30-33-20(3)28(38-30)29(35)32-16-15-24-18-34(25-7-5-4-6-8-25)27-14-13-23(31(36)37)17-26(24)27/h4-14,17-19H,15-16H2,1-3H3,(H,32,35)(H,36,37). The van der Waals surface area contributed by atoms with Crippen LogP contribution in [0.5, 0.6) is 0 Å². The zero-order valence-corrected chi connectivity index (χ0v) is 22.4. The van der Waals surface area contributed by atoms with Crippen molar-refractivity contribution in [1.82, 2.24) is 14.9 Å². The molecule has 3 aromatic carbocycles. The lowest BCUT2D eigenvalue weighted by molar-refractivity contribution is 0.0696. The Morgan fingerprint density at radius 3 is 2.45 bits per heavy atom. The topological polar surface area (TPSA) is 84.2 Å². The average Bonchev–Trinajstić information content (AvgIpc) is 3.49. The van der Waals surface area contributed by atoms with E-state index in [-0.39, 0.29) is 11.5 Å². The zero-order chi connectivity index (χ0) is 26.8. The fraction of sp³-hybridized carbons (Fsp3) is 0.194. The van der Waals surface area contributed by atoms with Crippen molar-refractivity contribution in [3.8, 4) is 16.3 Å². The number of rotatable bonds is 8. The minimum absolute atomic E-state index is 0.150. The molecule has 2 heterocycles. The van der Waals surface area contributed by atoms with Crippen molar-refractivity contribution in [2.45, 2.75) is 33.1 Å². The van der Waals surface area contributed by atoms with Crippen LogP contribution < -0.4 is 5.32 Å². The highest BCUT2D eigenvalue weighted by atomic mass is 32.1. The van der Waals surface area contributed by atoms with E-state index >= 15 is 0 Å². The number of thiazole rings is 1. The molecule has 5 aromatic rings. The minimum Gasteiger partial charge on any atom is -0.478 e. The van der Waals surface area contributed by atoms with Crippen molar-refractivity contribution in [3.63, 3.8) is 0 Å². The molecule has 0 spiro atoms. The van der Waals surface area contributed by atoms with E-state index in [0.29, 0.717) is 29.5 Å². The van der Waals surface area contributed by atoms with Gasteiger partial charge >= 0.3 is 5.97 Å². The number of carboxylic acid groups (broad SMARTS) is 1. The highest BCUT2D eigenvalue weighted by Crippen LogP contribution is 2.30. The molecule has 2 aromatic heterocycles. The van der Waals surface area contributed by atoms with Gasteiger partial charge in [0.2, 0.25) is 0 Å². The molecule has 2 N–H and O–H groups in total. The summed E-state index contributed by atoms with van der Waals surface area (Å²) in [7, 11) is 0. The number of aromatic carboxylic acids is 1. The van der Waals surface area contributed by atoms with E-state index in [9.17, 15) is 14.7 Å². The number of carboxylic acids is 1. The van der Waals surface area contributed by atoms with E-state index in [4.69, 9.17) is 0 Å². The molecule has 0 fully saturated rings. The first-order valence-corrected chi connectivity index (χ1v) is 13.4. The van der Waals surface area contributed by atoms with Gasteiger partial charge in [-0.05, 0) is 60.7 Å². The summed E-state index contributed by atoms with van der Waals surface area (Å²) in [6.45, 7) is 6.60. The summed E-state index contributed by atoms with van der Waals surface area (Å²) in [4.78, 5) is 29.9. The number of carbonyl (C=O) groups is 2. The third-order valence-electron chi connectivity index (χ3n) is 6.68. The first-order chi connectivity index (χ1) is 18.3. The van der Waals surface area contributed by atoms with Gasteiger partial charge in [-0.3, -0.25) is 4.79 Å². The van der Waals surface area contributed by atoms with Crippen molar-refractivity contribution in [1.29, 1.82) is 0 Å². The summed E-state index contributed by atoms with van der Waals surface area (Å²) >= 11 is 1.40. The van der Waals surface area contributed by atoms with Gasteiger partial charge in [0.1, 0.15) is 9.88 Å². The summed E-state index contributed by atoms with van der Waals surface area (Å²) in [5.41, 5.74) is 6.11. The first kappa shape index (κ1) is 25.4. The first-order valence-electron chi connectivity index (χ1n) is 12.6. The number of aromatic nitrogens is 2. The zero-order valence-electron chi connectivity index (χ0n) is 21.6. The van der Waals surface area contributed by atoms with Crippen LogP contribution in [0.3, 0.4) is 0 Å². The summed E-state index contributed by atoms with van der Waals surface area (Å²) < 4.78 is 2.06. The Morgan fingerprint density at radius 1 is 1.03 bits per heavy atom. The number of nitrogens with zero attached hydrogens (tertiary/aromatic N) is 2. The third-order valence-corrected chi connectivity index (χ3v) is 7.88. The predicted octanol–water partition coefficient (Wildman–Crippen LogP) is 6.86. The van der Waals surface area contributed by atoms with Crippen LogP contribution in [0.2, 0.25) is 0 Å². The second kappa shape index (κ2) is 10.6. The third kappa shape index (κ3) is 5.10. The van der Waals surface area contributed by atoms with Crippen LogP contribution in [0.4, 0.5) is 0 Å². The Balaban J connectivity index is 1.34. The molecule has 38 heavy (non-hydrogen) atoms. The number of hydrogen-bond donors (Lipinski definition) is 2. The van der Waals surface area contributed by atoms with Crippen molar-refractivity contribution in [3.05, 3.63) is 106 Å². The van der Waals surface area contributed by atoms with Gasteiger partial charge < -0.3 is 15.0 Å². The summed E-state index contributed by atoms with van der Waals surface area (Å²) in [6, 6.07) is 23.4. The summed E-state index contributed by atoms with van der Waals surface area (Å²) in [5.74, 6) is -0.655. The molecule has 0 radical (unpaired) electrons. The molecular weight excluding hydrogens is 494 g/mol. The predicted molar refractivity (Wildman–Crippen MR) is 153 cm³/mol. The van der Waals surface area contributed by atoms with Gasteiger partial charge in [-0.1, -0.05) is 56.3 Å². The molecule has 0 aliphatic heterocycles. The maximum absolute atomic E-state index is 13.1. The van der Waals surface area contributed by atoms with Gasteiger partial charge in [-0.15, -0.1) is 11.3 Å². The highest BCUT2D eigenvalue weighted by molar-refractivity contribution is 7.17. The van der Waals surface area contributed by atoms with Gasteiger partial charge in [0, 0.05) is 29.4 Å². The van der Waals surface area contributed by atoms with Crippen LogP contribution in [-0.2, 0) is 6.42 Å². The average molecular weight is 524 g/mol. The lowest BCUT2D eigenvalue weighted by atomic mass is 10.0. The maximum Gasteiger partial charge on any atom is 0.335 e. The SMILES string of the molecule is Cc1nc(-c2ccc(C(C)C)cc2)sc1C(=O)NCCc1cn(-c2ccccc2)c2ccc(C(=O)O)cc12. The van der Waals surface area contributed by atoms with Crippen molar-refractivity contribution < 1.29 is 14.7 Å². The number of aryl methyl sites for hydroxylation is 1. The summed E-state index contributed by atoms with van der Waals surface area (Å²) in [5, 5.41) is 14.2. The number of para-hydroxylation sites is 1. The van der Waals surface area contributed by atoms with Crippen LogP contribution in [-0.4, -0.2) is 33.1 Å². The molecule has 7 heteroatoms. The number of carbonyl (C=O) groups excluding carboxylic acids is 1. The molecule has 0 aliphatic rings. The smallest absolute Gasteiger partial charge is 0.335 e. The molecule has 5 rings (SSSR count). The second-order valence-corrected chi connectivity index (χ2v) is 10.6. The maximum atomic E-state index is 13.1. The van der Waals surface area contributed by atoms with E-state index in [1.54, 1.807) is 12.1 Å². The van der Waals surface area contributed by atoms with Crippen molar-refractivity contribution in [2.75, 3.05) is 6.54 Å². The van der Waals surface area contributed by atoms with Gasteiger partial charge in [0.05, 0.1) is 16.8 Å². The normalized spacial score (nSPS) is 11.3. The molecule has 6 nitrogen and oxygen atoms in total. The largest absolute Gasteiger partial charge is 0.478 e.